The van der Waals surface area contributed by atoms with Crippen LogP contribution in [0.4, 0.5) is 17.1 Å². The number of nitrogens with zero attached hydrogens (tertiary/aromatic N) is 1. The highest BCUT2D eigenvalue weighted by molar-refractivity contribution is 5.99. The molecule has 0 spiro atoms. The minimum Gasteiger partial charge on any atom is -0.493 e. The van der Waals surface area contributed by atoms with Gasteiger partial charge in [-0.2, -0.15) is 0 Å². The molecule has 0 bridgehead atoms. The van der Waals surface area contributed by atoms with E-state index in [0.717, 1.165) is 12.1 Å². The maximum atomic E-state index is 12.5. The van der Waals surface area contributed by atoms with Crippen LogP contribution < -0.4 is 20.1 Å². The lowest BCUT2D eigenvalue weighted by atomic mass is 10.1. The van der Waals surface area contributed by atoms with E-state index < -0.39 is 28.6 Å². The second-order valence-corrected chi connectivity index (χ2v) is 6.28. The van der Waals surface area contributed by atoms with Gasteiger partial charge in [0.2, 0.25) is 5.91 Å². The normalized spacial score (nSPS) is 11.1. The van der Waals surface area contributed by atoms with Crippen molar-refractivity contribution in [1.29, 1.82) is 0 Å². The Balaban J connectivity index is 2.13. The number of esters is 1. The standard InChI is InChI=1S/C20H21N3O8/c1-11(19(25)22-14-7-5-13(6-8-14)21-12(2)24)31-20(26)15-9-17(29-3)18(30-4)10-16(15)23(27)28/h5-11H,1-4H3,(H,21,24)(H,22,25)/t11-/m1/s1. The van der Waals surface area contributed by atoms with Crippen molar-refractivity contribution in [3.8, 4) is 11.5 Å². The number of methoxy groups -OCH3 is 2. The van der Waals surface area contributed by atoms with E-state index in [1.807, 2.05) is 0 Å². The molecule has 0 aliphatic heterocycles. The zero-order chi connectivity index (χ0) is 23.1. The minimum atomic E-state index is -1.25. The SMILES string of the molecule is COc1cc(C(=O)O[C@H](C)C(=O)Nc2ccc(NC(C)=O)cc2)c([N+](=O)[O-])cc1OC. The van der Waals surface area contributed by atoms with Gasteiger partial charge in [0.1, 0.15) is 5.56 Å². The number of rotatable bonds is 8. The highest BCUT2D eigenvalue weighted by Gasteiger charge is 2.28. The van der Waals surface area contributed by atoms with Crippen LogP contribution in [0.15, 0.2) is 36.4 Å². The first-order valence-corrected chi connectivity index (χ1v) is 8.96. The fourth-order valence-electron chi connectivity index (χ4n) is 2.54. The highest BCUT2D eigenvalue weighted by Crippen LogP contribution is 2.35. The summed E-state index contributed by atoms with van der Waals surface area (Å²) in [5, 5.41) is 16.5. The predicted octanol–water partition coefficient (Wildman–Crippen LogP) is 2.75. The molecule has 0 unspecified atom stereocenters. The van der Waals surface area contributed by atoms with Gasteiger partial charge in [-0.1, -0.05) is 0 Å². The summed E-state index contributed by atoms with van der Waals surface area (Å²) in [4.78, 5) is 46.5. The second-order valence-electron chi connectivity index (χ2n) is 6.28. The maximum Gasteiger partial charge on any atom is 0.346 e. The average molecular weight is 431 g/mol. The van der Waals surface area contributed by atoms with E-state index in [1.165, 1.54) is 28.1 Å². The van der Waals surface area contributed by atoms with Gasteiger partial charge in [0.25, 0.3) is 11.6 Å². The zero-order valence-electron chi connectivity index (χ0n) is 17.3. The van der Waals surface area contributed by atoms with Gasteiger partial charge in [0.15, 0.2) is 17.6 Å². The Morgan fingerprint density at radius 1 is 0.968 bits per heavy atom. The number of carbonyl (C=O) groups excluding carboxylic acids is 3. The second kappa shape index (κ2) is 10.1. The van der Waals surface area contributed by atoms with Crippen molar-refractivity contribution in [2.45, 2.75) is 20.0 Å². The number of benzene rings is 2. The van der Waals surface area contributed by atoms with Crippen molar-refractivity contribution in [3.63, 3.8) is 0 Å². The Morgan fingerprint density at radius 2 is 1.48 bits per heavy atom. The van der Waals surface area contributed by atoms with Crippen molar-refractivity contribution in [2.24, 2.45) is 0 Å². The molecule has 2 N–H and O–H groups in total. The average Bonchev–Trinajstić information content (AvgIpc) is 2.73. The summed E-state index contributed by atoms with van der Waals surface area (Å²) in [6, 6.07) is 8.43. The van der Waals surface area contributed by atoms with E-state index in [0.29, 0.717) is 11.4 Å². The van der Waals surface area contributed by atoms with Crippen LogP contribution in [0.5, 0.6) is 11.5 Å². The molecule has 2 amide bonds. The first kappa shape index (κ1) is 23.1. The monoisotopic (exact) mass is 431 g/mol. The first-order chi connectivity index (χ1) is 14.7. The van der Waals surface area contributed by atoms with Gasteiger partial charge >= 0.3 is 5.97 Å². The van der Waals surface area contributed by atoms with E-state index >= 15 is 0 Å². The van der Waals surface area contributed by atoms with Crippen LogP contribution in [0.1, 0.15) is 24.2 Å². The van der Waals surface area contributed by atoms with Crippen molar-refractivity contribution >= 4 is 34.8 Å². The van der Waals surface area contributed by atoms with Crippen LogP contribution >= 0.6 is 0 Å². The Morgan fingerprint density at radius 3 is 1.97 bits per heavy atom. The van der Waals surface area contributed by atoms with Gasteiger partial charge in [0, 0.05) is 24.4 Å². The summed E-state index contributed by atoms with van der Waals surface area (Å²) >= 11 is 0. The van der Waals surface area contributed by atoms with E-state index in [1.54, 1.807) is 24.3 Å². The number of amides is 2. The largest absolute Gasteiger partial charge is 0.493 e. The Labute approximate surface area is 177 Å². The molecular formula is C20H21N3O8. The molecule has 11 heteroatoms. The molecule has 11 nitrogen and oxygen atoms in total. The Kier molecular flexibility index (Phi) is 7.50. The fourth-order valence-corrected chi connectivity index (χ4v) is 2.54. The summed E-state index contributed by atoms with van der Waals surface area (Å²) in [5.41, 5.74) is 0.00983. The summed E-state index contributed by atoms with van der Waals surface area (Å²) in [6.07, 6.45) is -1.25. The molecule has 0 heterocycles. The number of hydrogen-bond donors (Lipinski definition) is 2. The van der Waals surface area contributed by atoms with Gasteiger partial charge in [0.05, 0.1) is 25.2 Å². The molecule has 2 aromatic carbocycles. The van der Waals surface area contributed by atoms with Crippen LogP contribution in [0.3, 0.4) is 0 Å². The number of carbonyl (C=O) groups is 3. The van der Waals surface area contributed by atoms with E-state index in [2.05, 4.69) is 10.6 Å². The molecule has 31 heavy (non-hydrogen) atoms. The molecule has 0 aromatic heterocycles. The molecule has 0 saturated carbocycles. The fraction of sp³-hybridized carbons (Fsp3) is 0.250. The maximum absolute atomic E-state index is 12.5. The van der Waals surface area contributed by atoms with Crippen molar-refractivity contribution in [3.05, 3.63) is 52.1 Å². The third-order valence-electron chi connectivity index (χ3n) is 4.04. The predicted molar refractivity (Wildman–Crippen MR) is 110 cm³/mol. The lowest BCUT2D eigenvalue weighted by Gasteiger charge is -2.15. The van der Waals surface area contributed by atoms with E-state index in [4.69, 9.17) is 14.2 Å². The topological polar surface area (TPSA) is 146 Å². The molecule has 0 fully saturated rings. The van der Waals surface area contributed by atoms with Crippen LogP contribution in [0.25, 0.3) is 0 Å². The smallest absolute Gasteiger partial charge is 0.346 e. The van der Waals surface area contributed by atoms with Crippen molar-refractivity contribution in [2.75, 3.05) is 24.9 Å². The van der Waals surface area contributed by atoms with Gasteiger partial charge in [-0.05, 0) is 31.2 Å². The van der Waals surface area contributed by atoms with Crippen LogP contribution in [0, 0.1) is 10.1 Å². The quantitative estimate of drug-likeness (QED) is 0.368. The lowest BCUT2D eigenvalue weighted by molar-refractivity contribution is -0.385. The molecule has 164 valence electrons. The first-order valence-electron chi connectivity index (χ1n) is 8.96. The molecule has 1 atom stereocenters. The van der Waals surface area contributed by atoms with Gasteiger partial charge in [-0.3, -0.25) is 19.7 Å². The highest BCUT2D eigenvalue weighted by atomic mass is 16.6. The molecule has 2 aromatic rings. The molecular weight excluding hydrogens is 410 g/mol. The van der Waals surface area contributed by atoms with Crippen LogP contribution in [0.2, 0.25) is 0 Å². The minimum absolute atomic E-state index is 0.0688. The van der Waals surface area contributed by atoms with E-state index in [-0.39, 0.29) is 23.0 Å². The number of nitrogens with one attached hydrogen (secondary N) is 2. The Hall–Kier alpha value is -4.15. The van der Waals surface area contributed by atoms with Crippen molar-refractivity contribution in [1.82, 2.24) is 0 Å². The van der Waals surface area contributed by atoms with Crippen molar-refractivity contribution < 1.29 is 33.5 Å². The molecule has 0 radical (unpaired) electrons. The molecule has 0 aliphatic rings. The number of anilines is 2. The third kappa shape index (κ3) is 5.92. The summed E-state index contributed by atoms with van der Waals surface area (Å²) < 4.78 is 15.2. The van der Waals surface area contributed by atoms with Gasteiger partial charge in [-0.15, -0.1) is 0 Å². The summed E-state index contributed by atoms with van der Waals surface area (Å²) in [6.45, 7) is 2.69. The van der Waals surface area contributed by atoms with Crippen LogP contribution in [-0.2, 0) is 14.3 Å². The number of hydrogen-bond acceptors (Lipinski definition) is 8. The van der Waals surface area contributed by atoms with Gasteiger partial charge < -0.3 is 24.8 Å². The molecule has 0 aliphatic carbocycles. The lowest BCUT2D eigenvalue weighted by Crippen LogP contribution is -2.30. The molecule has 0 saturated heterocycles. The Bertz CT molecular complexity index is 1000. The van der Waals surface area contributed by atoms with Crippen LogP contribution in [-0.4, -0.2) is 43.0 Å². The summed E-state index contributed by atoms with van der Waals surface area (Å²) in [7, 11) is 2.61. The van der Waals surface area contributed by atoms with E-state index in [9.17, 15) is 24.5 Å². The molecule has 2 rings (SSSR count). The number of nitro benzene ring substituents is 1. The number of nitro groups is 1. The summed E-state index contributed by atoms with van der Waals surface area (Å²) in [5.74, 6) is -1.79. The number of ether oxygens (including phenoxy) is 3. The third-order valence-corrected chi connectivity index (χ3v) is 4.04. The zero-order valence-corrected chi connectivity index (χ0v) is 17.3. The van der Waals surface area contributed by atoms with Gasteiger partial charge in [-0.25, -0.2) is 4.79 Å².